The van der Waals surface area contributed by atoms with Crippen LogP contribution in [0.5, 0.6) is 0 Å². The molecule has 1 heteroatoms. The van der Waals surface area contributed by atoms with E-state index >= 15 is 0 Å². The fourth-order valence-electron chi connectivity index (χ4n) is 3.34. The molecule has 0 aliphatic carbocycles. The third-order valence-corrected chi connectivity index (χ3v) is 4.63. The van der Waals surface area contributed by atoms with Gasteiger partial charge in [-0.2, -0.15) is 0 Å². The fourth-order valence-corrected chi connectivity index (χ4v) is 3.34. The number of rotatable bonds is 8. The third kappa shape index (κ3) is 3.85. The zero-order valence-corrected chi connectivity index (χ0v) is 14.2. The first kappa shape index (κ1) is 15.9. The van der Waals surface area contributed by atoms with Gasteiger partial charge in [0.1, 0.15) is 0 Å². The molecular weight excluding hydrogens is 278 g/mol. The molecular formula is C22H27N. The largest absolute Gasteiger partial charge is 0.347 e. The van der Waals surface area contributed by atoms with E-state index in [4.69, 9.17) is 0 Å². The van der Waals surface area contributed by atoms with Crippen LogP contribution in [0.1, 0.15) is 45.4 Å². The molecule has 23 heavy (non-hydrogen) atoms. The van der Waals surface area contributed by atoms with Crippen molar-refractivity contribution in [1.82, 2.24) is 4.57 Å². The molecule has 0 aliphatic rings. The molecule has 0 bridgehead atoms. The van der Waals surface area contributed by atoms with Crippen molar-refractivity contribution in [3.05, 3.63) is 60.8 Å². The van der Waals surface area contributed by atoms with Gasteiger partial charge < -0.3 is 4.57 Å². The standard InChI is InChI=1S/C22H27N/c1-2-3-4-5-6-12-17-23-18-21(19-13-8-7-9-14-19)20-15-10-11-16-22(20)23/h7-11,13-16,18H,2-6,12,17H2,1H3. The molecule has 1 heterocycles. The van der Waals surface area contributed by atoms with Crippen LogP contribution in [0.4, 0.5) is 0 Å². The summed E-state index contributed by atoms with van der Waals surface area (Å²) in [5.74, 6) is 0. The van der Waals surface area contributed by atoms with Crippen LogP contribution in [-0.2, 0) is 6.54 Å². The molecule has 0 saturated heterocycles. The molecule has 0 amide bonds. The summed E-state index contributed by atoms with van der Waals surface area (Å²) >= 11 is 0. The Balaban J connectivity index is 1.76. The maximum atomic E-state index is 2.44. The summed E-state index contributed by atoms with van der Waals surface area (Å²) in [6.45, 7) is 3.40. The van der Waals surface area contributed by atoms with E-state index in [1.54, 1.807) is 0 Å². The number of benzene rings is 2. The minimum atomic E-state index is 1.12. The lowest BCUT2D eigenvalue weighted by Gasteiger charge is -2.05. The van der Waals surface area contributed by atoms with Gasteiger partial charge in [-0.25, -0.2) is 0 Å². The number of aryl methyl sites for hydroxylation is 1. The van der Waals surface area contributed by atoms with Gasteiger partial charge in [0, 0.05) is 29.2 Å². The van der Waals surface area contributed by atoms with E-state index < -0.39 is 0 Å². The molecule has 0 saturated carbocycles. The molecule has 0 fully saturated rings. The van der Waals surface area contributed by atoms with Crippen LogP contribution in [0.15, 0.2) is 60.8 Å². The van der Waals surface area contributed by atoms with Gasteiger partial charge in [0.05, 0.1) is 0 Å². The summed E-state index contributed by atoms with van der Waals surface area (Å²) in [7, 11) is 0. The zero-order chi connectivity index (χ0) is 15.9. The predicted octanol–water partition coefficient (Wildman–Crippen LogP) is 6.67. The Labute approximate surface area is 140 Å². The van der Waals surface area contributed by atoms with Crippen molar-refractivity contribution in [3.63, 3.8) is 0 Å². The summed E-state index contributed by atoms with van der Waals surface area (Å²) in [4.78, 5) is 0. The second-order valence-electron chi connectivity index (χ2n) is 6.39. The Morgan fingerprint density at radius 1 is 0.739 bits per heavy atom. The van der Waals surface area contributed by atoms with Crippen LogP contribution < -0.4 is 0 Å². The topological polar surface area (TPSA) is 4.93 Å². The molecule has 0 aliphatic heterocycles. The second-order valence-corrected chi connectivity index (χ2v) is 6.39. The summed E-state index contributed by atoms with van der Waals surface area (Å²) < 4.78 is 2.44. The molecule has 1 nitrogen and oxygen atoms in total. The van der Waals surface area contributed by atoms with E-state index in [1.807, 2.05) is 0 Å². The van der Waals surface area contributed by atoms with Crippen LogP contribution in [0, 0.1) is 0 Å². The number of hydrogen-bond acceptors (Lipinski definition) is 0. The van der Waals surface area contributed by atoms with Crippen molar-refractivity contribution >= 4 is 10.9 Å². The third-order valence-electron chi connectivity index (χ3n) is 4.63. The van der Waals surface area contributed by atoms with E-state index in [9.17, 15) is 0 Å². The lowest BCUT2D eigenvalue weighted by atomic mass is 10.1. The maximum Gasteiger partial charge on any atom is 0.0486 e. The number of aromatic nitrogens is 1. The molecule has 3 rings (SSSR count). The smallest absolute Gasteiger partial charge is 0.0486 e. The Kier molecular flexibility index (Phi) is 5.52. The summed E-state index contributed by atoms with van der Waals surface area (Å²) in [6, 6.07) is 19.5. The number of nitrogens with zero attached hydrogens (tertiary/aromatic N) is 1. The predicted molar refractivity (Wildman–Crippen MR) is 101 cm³/mol. The van der Waals surface area contributed by atoms with Crippen LogP contribution in [0.3, 0.4) is 0 Å². The average Bonchev–Trinajstić information content (AvgIpc) is 2.98. The Morgan fingerprint density at radius 2 is 1.43 bits per heavy atom. The molecule has 1 aromatic heterocycles. The van der Waals surface area contributed by atoms with Gasteiger partial charge in [-0.05, 0) is 18.1 Å². The summed E-state index contributed by atoms with van der Waals surface area (Å²) in [6.07, 6.45) is 10.4. The number of para-hydroxylation sites is 1. The lowest BCUT2D eigenvalue weighted by molar-refractivity contribution is 0.565. The highest BCUT2D eigenvalue weighted by molar-refractivity contribution is 5.96. The molecule has 0 atom stereocenters. The van der Waals surface area contributed by atoms with Crippen LogP contribution in [-0.4, -0.2) is 4.57 Å². The van der Waals surface area contributed by atoms with Gasteiger partial charge in [0.2, 0.25) is 0 Å². The molecule has 0 N–H and O–H groups in total. The van der Waals surface area contributed by atoms with Crippen molar-refractivity contribution in [2.75, 3.05) is 0 Å². The Bertz CT molecular complexity index is 724. The molecule has 0 unspecified atom stereocenters. The molecule has 0 spiro atoms. The van der Waals surface area contributed by atoms with Gasteiger partial charge >= 0.3 is 0 Å². The first-order chi connectivity index (χ1) is 11.4. The highest BCUT2D eigenvalue weighted by atomic mass is 15.0. The monoisotopic (exact) mass is 305 g/mol. The van der Waals surface area contributed by atoms with Crippen molar-refractivity contribution in [2.24, 2.45) is 0 Å². The van der Waals surface area contributed by atoms with Gasteiger partial charge in [0.25, 0.3) is 0 Å². The van der Waals surface area contributed by atoms with Gasteiger partial charge in [-0.1, -0.05) is 87.6 Å². The van der Waals surface area contributed by atoms with Crippen molar-refractivity contribution < 1.29 is 0 Å². The minimum Gasteiger partial charge on any atom is -0.347 e. The van der Waals surface area contributed by atoms with Gasteiger partial charge in [-0.15, -0.1) is 0 Å². The van der Waals surface area contributed by atoms with Crippen molar-refractivity contribution in [2.45, 2.75) is 52.0 Å². The lowest BCUT2D eigenvalue weighted by Crippen LogP contribution is -1.95. The van der Waals surface area contributed by atoms with Crippen molar-refractivity contribution in [1.29, 1.82) is 0 Å². The summed E-state index contributed by atoms with van der Waals surface area (Å²) in [5.41, 5.74) is 4.03. The van der Waals surface area contributed by atoms with E-state index in [0.29, 0.717) is 0 Å². The number of hydrogen-bond donors (Lipinski definition) is 0. The highest BCUT2D eigenvalue weighted by Crippen LogP contribution is 2.30. The van der Waals surface area contributed by atoms with Crippen LogP contribution >= 0.6 is 0 Å². The average molecular weight is 305 g/mol. The fraction of sp³-hybridized carbons (Fsp3) is 0.364. The van der Waals surface area contributed by atoms with Crippen molar-refractivity contribution in [3.8, 4) is 11.1 Å². The van der Waals surface area contributed by atoms with Crippen LogP contribution in [0.2, 0.25) is 0 Å². The molecule has 120 valence electrons. The molecule has 2 aromatic carbocycles. The highest BCUT2D eigenvalue weighted by Gasteiger charge is 2.09. The SMILES string of the molecule is CCCCCCCCn1cc(-c2ccccc2)c2ccccc21. The summed E-state index contributed by atoms with van der Waals surface area (Å²) in [5, 5.41) is 1.37. The van der Waals surface area contributed by atoms with Crippen LogP contribution in [0.25, 0.3) is 22.0 Å². The van der Waals surface area contributed by atoms with E-state index in [0.717, 1.165) is 6.54 Å². The normalized spacial score (nSPS) is 11.2. The first-order valence-corrected chi connectivity index (χ1v) is 9.03. The van der Waals surface area contributed by atoms with Gasteiger partial charge in [-0.3, -0.25) is 0 Å². The number of unbranched alkanes of at least 4 members (excludes halogenated alkanes) is 5. The quantitative estimate of drug-likeness (QED) is 0.410. The number of fused-ring (bicyclic) bond motifs is 1. The molecule has 3 aromatic rings. The Hall–Kier alpha value is -2.02. The maximum absolute atomic E-state index is 2.44. The first-order valence-electron chi connectivity index (χ1n) is 9.03. The van der Waals surface area contributed by atoms with Gasteiger partial charge in [0.15, 0.2) is 0 Å². The van der Waals surface area contributed by atoms with E-state index in [-0.39, 0.29) is 0 Å². The Morgan fingerprint density at radius 3 is 2.26 bits per heavy atom. The van der Waals surface area contributed by atoms with E-state index in [2.05, 4.69) is 72.3 Å². The second kappa shape index (κ2) is 8.01. The molecule has 0 radical (unpaired) electrons. The zero-order valence-electron chi connectivity index (χ0n) is 14.2. The minimum absolute atomic E-state index is 1.12. The van der Waals surface area contributed by atoms with E-state index in [1.165, 1.54) is 60.6 Å².